The third-order valence-corrected chi connectivity index (χ3v) is 5.50. The van der Waals surface area contributed by atoms with Crippen LogP contribution in [0, 0.1) is 6.92 Å². The number of aromatic amines is 1. The van der Waals surface area contributed by atoms with Crippen molar-refractivity contribution in [3.05, 3.63) is 47.2 Å². The van der Waals surface area contributed by atoms with Crippen molar-refractivity contribution in [2.45, 2.75) is 37.1 Å². The predicted molar refractivity (Wildman–Crippen MR) is 86.0 cm³/mol. The highest BCUT2D eigenvalue weighted by Crippen LogP contribution is 2.27. The largest absolute Gasteiger partial charge is 0.445 e. The van der Waals surface area contributed by atoms with Crippen LogP contribution in [0.2, 0.25) is 0 Å². The maximum atomic E-state index is 12.4. The van der Waals surface area contributed by atoms with E-state index in [1.165, 1.54) is 17.3 Å². The Labute approximate surface area is 139 Å². The fourth-order valence-electron chi connectivity index (χ4n) is 2.93. The molecule has 0 amide bonds. The molecule has 7 nitrogen and oxygen atoms in total. The molecule has 1 aliphatic rings. The smallest absolute Gasteiger partial charge is 0.244 e. The van der Waals surface area contributed by atoms with E-state index in [1.807, 2.05) is 12.1 Å². The second-order valence-corrected chi connectivity index (χ2v) is 7.83. The van der Waals surface area contributed by atoms with Gasteiger partial charge in [-0.15, -0.1) is 0 Å². The van der Waals surface area contributed by atoms with Crippen LogP contribution in [0.1, 0.15) is 29.2 Å². The number of rotatable bonds is 4. The lowest BCUT2D eigenvalue weighted by Gasteiger charge is -2.01. The first-order valence-electron chi connectivity index (χ1n) is 7.70. The van der Waals surface area contributed by atoms with Crippen LogP contribution in [0.15, 0.2) is 34.0 Å². The van der Waals surface area contributed by atoms with Gasteiger partial charge in [0.15, 0.2) is 5.82 Å². The molecule has 0 aliphatic heterocycles. The van der Waals surface area contributed by atoms with E-state index in [9.17, 15) is 8.42 Å². The van der Waals surface area contributed by atoms with Crippen molar-refractivity contribution in [3.8, 4) is 11.4 Å². The van der Waals surface area contributed by atoms with Gasteiger partial charge in [0, 0.05) is 5.56 Å². The third-order valence-electron chi connectivity index (χ3n) is 4.10. The van der Waals surface area contributed by atoms with Gasteiger partial charge in [-0.1, -0.05) is 12.1 Å². The second-order valence-electron chi connectivity index (χ2n) is 5.92. The summed E-state index contributed by atoms with van der Waals surface area (Å²) in [5.74, 6) is 0.742. The molecule has 0 saturated carbocycles. The molecule has 8 heteroatoms. The molecule has 0 saturated heterocycles. The summed E-state index contributed by atoms with van der Waals surface area (Å²) in [6, 6.07) is 6.04. The maximum absolute atomic E-state index is 12.4. The van der Waals surface area contributed by atoms with Crippen LogP contribution in [0.3, 0.4) is 0 Å². The van der Waals surface area contributed by atoms with E-state index in [4.69, 9.17) is 4.42 Å². The molecule has 1 aromatic carbocycles. The van der Waals surface area contributed by atoms with E-state index in [2.05, 4.69) is 26.2 Å². The van der Waals surface area contributed by atoms with Crippen LogP contribution in [-0.2, 0) is 28.4 Å². The Morgan fingerprint density at radius 3 is 2.88 bits per heavy atom. The van der Waals surface area contributed by atoms with Gasteiger partial charge in [0.2, 0.25) is 20.9 Å². The molecule has 0 radical (unpaired) electrons. The molecule has 0 atom stereocenters. The predicted octanol–water partition coefficient (Wildman–Crippen LogP) is 2.23. The molecule has 1 N–H and O–H groups in total. The highest BCUT2D eigenvalue weighted by Gasteiger charge is 2.23. The van der Waals surface area contributed by atoms with Crippen molar-refractivity contribution in [1.82, 2.24) is 20.2 Å². The summed E-state index contributed by atoms with van der Waals surface area (Å²) in [5.41, 5.74) is 3.46. The summed E-state index contributed by atoms with van der Waals surface area (Å²) >= 11 is 0. The summed E-state index contributed by atoms with van der Waals surface area (Å²) in [7, 11) is -3.68. The van der Waals surface area contributed by atoms with Crippen molar-refractivity contribution in [2.75, 3.05) is 0 Å². The minimum absolute atomic E-state index is 0.142. The Morgan fingerprint density at radius 2 is 2.08 bits per heavy atom. The number of nitrogens with zero attached hydrogens (tertiary/aromatic N) is 3. The van der Waals surface area contributed by atoms with Crippen molar-refractivity contribution >= 4 is 9.84 Å². The van der Waals surface area contributed by atoms with Crippen molar-refractivity contribution in [3.63, 3.8) is 0 Å². The number of oxazole rings is 1. The minimum Gasteiger partial charge on any atom is -0.445 e. The van der Waals surface area contributed by atoms with Gasteiger partial charge in [-0.25, -0.2) is 18.5 Å². The highest BCUT2D eigenvalue weighted by molar-refractivity contribution is 7.90. The van der Waals surface area contributed by atoms with Gasteiger partial charge in [-0.2, -0.15) is 10.1 Å². The molecule has 2 heterocycles. The summed E-state index contributed by atoms with van der Waals surface area (Å²) in [4.78, 5) is 8.08. The second kappa shape index (κ2) is 5.55. The molecular weight excluding hydrogens is 328 g/mol. The lowest BCUT2D eigenvalue weighted by atomic mass is 10.1. The average molecular weight is 344 g/mol. The van der Waals surface area contributed by atoms with E-state index >= 15 is 0 Å². The monoisotopic (exact) mass is 344 g/mol. The summed E-state index contributed by atoms with van der Waals surface area (Å²) < 4.78 is 30.0. The van der Waals surface area contributed by atoms with Gasteiger partial charge >= 0.3 is 0 Å². The van der Waals surface area contributed by atoms with E-state index < -0.39 is 9.84 Å². The van der Waals surface area contributed by atoms with Gasteiger partial charge in [0.25, 0.3) is 0 Å². The number of aryl methyl sites for hydroxylation is 3. The molecule has 0 fully saturated rings. The fourth-order valence-corrected chi connectivity index (χ4v) is 3.93. The van der Waals surface area contributed by atoms with Crippen LogP contribution in [-0.4, -0.2) is 28.6 Å². The third kappa shape index (κ3) is 2.73. The molecule has 0 unspecified atom stereocenters. The number of benzene rings is 1. The quantitative estimate of drug-likeness (QED) is 0.779. The molecule has 4 rings (SSSR count). The normalized spacial score (nSPS) is 14.0. The Morgan fingerprint density at radius 1 is 1.25 bits per heavy atom. The van der Waals surface area contributed by atoms with Crippen LogP contribution in [0.4, 0.5) is 0 Å². The molecule has 1 aliphatic carbocycles. The Bertz CT molecular complexity index is 1000. The van der Waals surface area contributed by atoms with Crippen molar-refractivity contribution < 1.29 is 12.8 Å². The van der Waals surface area contributed by atoms with Crippen LogP contribution >= 0.6 is 0 Å². The summed E-state index contributed by atoms with van der Waals surface area (Å²) in [6.07, 6.45) is 4.78. The Hall–Kier alpha value is -2.48. The molecule has 24 heavy (non-hydrogen) atoms. The molecule has 0 spiro atoms. The number of H-pyrrole nitrogens is 1. The molecular formula is C16H16N4O3S. The van der Waals surface area contributed by atoms with Gasteiger partial charge < -0.3 is 4.42 Å². The summed E-state index contributed by atoms with van der Waals surface area (Å²) in [6.45, 7) is 1.71. The highest BCUT2D eigenvalue weighted by atomic mass is 32.2. The first kappa shape index (κ1) is 15.1. The minimum atomic E-state index is -3.68. The van der Waals surface area contributed by atoms with Crippen molar-refractivity contribution in [1.29, 1.82) is 0 Å². The first-order valence-corrected chi connectivity index (χ1v) is 9.35. The lowest BCUT2D eigenvalue weighted by Crippen LogP contribution is -2.07. The van der Waals surface area contributed by atoms with E-state index in [1.54, 1.807) is 6.92 Å². The van der Waals surface area contributed by atoms with Crippen LogP contribution < -0.4 is 0 Å². The Balaban J connectivity index is 1.62. The first-order chi connectivity index (χ1) is 11.5. The fraction of sp³-hybridized carbons (Fsp3) is 0.312. The molecule has 0 bridgehead atoms. The summed E-state index contributed by atoms with van der Waals surface area (Å²) in [5, 5.41) is 6.41. The van der Waals surface area contributed by atoms with E-state index in [-0.39, 0.29) is 16.8 Å². The lowest BCUT2D eigenvalue weighted by molar-refractivity contribution is 0.483. The number of hydrogen-bond acceptors (Lipinski definition) is 6. The van der Waals surface area contributed by atoms with Gasteiger partial charge in [-0.3, -0.25) is 0 Å². The standard InChI is InChI=1S/C16H16N4O3S/c1-10-8-17-14(23-10)9-24(21,22)16-18-15(19-20-16)13-6-5-11-3-2-4-12(11)7-13/h5-8H,2-4,9H2,1H3,(H,18,19,20). The van der Waals surface area contributed by atoms with Crippen LogP contribution in [0.25, 0.3) is 11.4 Å². The zero-order valence-electron chi connectivity index (χ0n) is 13.1. The zero-order chi connectivity index (χ0) is 16.7. The number of aromatic nitrogens is 4. The topological polar surface area (TPSA) is 102 Å². The van der Waals surface area contributed by atoms with E-state index in [0.717, 1.165) is 24.8 Å². The zero-order valence-corrected chi connectivity index (χ0v) is 13.9. The number of hydrogen-bond donors (Lipinski definition) is 1. The molecule has 124 valence electrons. The molecule has 2 aromatic heterocycles. The maximum Gasteiger partial charge on any atom is 0.244 e. The Kier molecular flexibility index (Phi) is 3.49. The number of nitrogens with one attached hydrogen (secondary N) is 1. The SMILES string of the molecule is Cc1cnc(CS(=O)(=O)c2nc(-c3ccc4c(c3)CCC4)n[nH]2)o1. The molecule has 3 aromatic rings. The van der Waals surface area contributed by atoms with Gasteiger partial charge in [-0.05, 0) is 43.4 Å². The van der Waals surface area contributed by atoms with Crippen molar-refractivity contribution in [2.24, 2.45) is 0 Å². The average Bonchev–Trinajstić information content (AvgIpc) is 3.25. The van der Waals surface area contributed by atoms with Gasteiger partial charge in [0.05, 0.1) is 6.20 Å². The van der Waals surface area contributed by atoms with E-state index in [0.29, 0.717) is 11.6 Å². The number of sulfone groups is 1. The van der Waals surface area contributed by atoms with Gasteiger partial charge in [0.1, 0.15) is 11.5 Å². The number of fused-ring (bicyclic) bond motifs is 1. The van der Waals surface area contributed by atoms with Crippen LogP contribution in [0.5, 0.6) is 0 Å².